The van der Waals surface area contributed by atoms with Gasteiger partial charge in [0.15, 0.2) is 5.69 Å². The van der Waals surface area contributed by atoms with Crippen LogP contribution < -0.4 is 0 Å². The minimum absolute atomic E-state index is 0.0138. The van der Waals surface area contributed by atoms with E-state index < -0.39 is 0 Å². The van der Waals surface area contributed by atoms with E-state index in [1.54, 1.807) is 0 Å². The zero-order chi connectivity index (χ0) is 14.5. The van der Waals surface area contributed by atoms with Crippen molar-refractivity contribution in [2.24, 2.45) is 5.41 Å². The molecular formula is C15H23N3O2. The van der Waals surface area contributed by atoms with Crippen LogP contribution in [-0.2, 0) is 11.2 Å². The molecule has 0 unspecified atom stereocenters. The molecule has 5 heteroatoms. The number of amides is 1. The Bertz CT molecular complexity index is 531. The molecule has 1 N–H and O–H groups in total. The molecule has 0 aromatic carbocycles. The standard InChI is InChI=1S/C15H23N3O2/c1-5-15(4)7-18(8-15)14(19)13-11-6-9(2)20-10(3)12(11)16-17-13/h9-10H,5-8H2,1-4H3,(H,16,17)/t9-,10+/m0/s1. The number of rotatable bonds is 2. The Morgan fingerprint density at radius 3 is 2.85 bits per heavy atom. The van der Waals surface area contributed by atoms with Gasteiger partial charge in [0.05, 0.1) is 17.9 Å². The van der Waals surface area contributed by atoms with Crippen molar-refractivity contribution in [3.8, 4) is 0 Å². The Hall–Kier alpha value is -1.36. The molecule has 1 aromatic rings. The van der Waals surface area contributed by atoms with E-state index in [0.717, 1.165) is 37.2 Å². The maximum absolute atomic E-state index is 12.6. The summed E-state index contributed by atoms with van der Waals surface area (Å²) in [6.45, 7) is 10.1. The number of fused-ring (bicyclic) bond motifs is 1. The van der Waals surface area contributed by atoms with E-state index in [0.29, 0.717) is 5.69 Å². The third kappa shape index (κ3) is 2.04. The molecule has 5 nitrogen and oxygen atoms in total. The Balaban J connectivity index is 1.81. The fourth-order valence-corrected chi connectivity index (χ4v) is 3.24. The first-order chi connectivity index (χ1) is 9.43. The molecule has 110 valence electrons. The van der Waals surface area contributed by atoms with Crippen LogP contribution in [0.1, 0.15) is 62.0 Å². The lowest BCUT2D eigenvalue weighted by Gasteiger charge is -2.47. The number of ether oxygens (including phenoxy) is 1. The molecule has 20 heavy (non-hydrogen) atoms. The van der Waals surface area contributed by atoms with Gasteiger partial charge >= 0.3 is 0 Å². The average Bonchev–Trinajstić information content (AvgIpc) is 2.78. The van der Waals surface area contributed by atoms with Crippen molar-refractivity contribution in [2.75, 3.05) is 13.1 Å². The van der Waals surface area contributed by atoms with Crippen LogP contribution in [0.2, 0.25) is 0 Å². The first kappa shape index (κ1) is 13.6. The van der Waals surface area contributed by atoms with Crippen molar-refractivity contribution >= 4 is 5.91 Å². The van der Waals surface area contributed by atoms with Crippen LogP contribution in [0.5, 0.6) is 0 Å². The highest BCUT2D eigenvalue weighted by molar-refractivity contribution is 5.94. The molecule has 2 atom stereocenters. The number of aromatic amines is 1. The lowest BCUT2D eigenvalue weighted by atomic mass is 9.79. The summed E-state index contributed by atoms with van der Waals surface area (Å²) in [7, 11) is 0. The maximum atomic E-state index is 12.6. The third-order valence-electron chi connectivity index (χ3n) is 4.72. The Morgan fingerprint density at radius 1 is 1.50 bits per heavy atom. The van der Waals surface area contributed by atoms with Gasteiger partial charge in [-0.2, -0.15) is 5.10 Å². The van der Waals surface area contributed by atoms with Gasteiger partial charge in [-0.1, -0.05) is 13.8 Å². The van der Waals surface area contributed by atoms with Crippen LogP contribution in [0.15, 0.2) is 0 Å². The van der Waals surface area contributed by atoms with Gasteiger partial charge in [-0.15, -0.1) is 0 Å². The van der Waals surface area contributed by atoms with Crippen LogP contribution in [0.25, 0.3) is 0 Å². The van der Waals surface area contributed by atoms with Crippen molar-refractivity contribution in [1.82, 2.24) is 15.1 Å². The molecule has 1 saturated heterocycles. The summed E-state index contributed by atoms with van der Waals surface area (Å²) in [5.41, 5.74) is 2.90. The van der Waals surface area contributed by atoms with Gasteiger partial charge in [-0.3, -0.25) is 9.89 Å². The van der Waals surface area contributed by atoms with Crippen molar-refractivity contribution in [1.29, 1.82) is 0 Å². The molecule has 3 heterocycles. The molecule has 1 fully saturated rings. The average molecular weight is 277 g/mol. The molecule has 3 rings (SSSR count). The molecule has 0 bridgehead atoms. The number of hydrogen-bond donors (Lipinski definition) is 1. The van der Waals surface area contributed by atoms with Gasteiger partial charge in [-0.05, 0) is 20.3 Å². The van der Waals surface area contributed by atoms with Crippen LogP contribution in [-0.4, -0.2) is 40.2 Å². The lowest BCUT2D eigenvalue weighted by molar-refractivity contribution is -0.00742. The SMILES string of the molecule is CCC1(C)CN(C(=O)c2n[nH]c3c2C[C@H](C)O[C@@H]3C)C1. The summed E-state index contributed by atoms with van der Waals surface area (Å²) in [6, 6.07) is 0. The van der Waals surface area contributed by atoms with E-state index in [-0.39, 0.29) is 23.5 Å². The van der Waals surface area contributed by atoms with E-state index in [1.165, 1.54) is 0 Å². The third-order valence-corrected chi connectivity index (χ3v) is 4.72. The molecule has 2 aliphatic heterocycles. The van der Waals surface area contributed by atoms with Crippen molar-refractivity contribution < 1.29 is 9.53 Å². The van der Waals surface area contributed by atoms with Gasteiger partial charge in [0.2, 0.25) is 0 Å². The summed E-state index contributed by atoms with van der Waals surface area (Å²) >= 11 is 0. The smallest absolute Gasteiger partial charge is 0.274 e. The van der Waals surface area contributed by atoms with E-state index in [4.69, 9.17) is 4.74 Å². The zero-order valence-electron chi connectivity index (χ0n) is 12.7. The number of likely N-dealkylation sites (tertiary alicyclic amines) is 1. The number of nitrogens with zero attached hydrogens (tertiary/aromatic N) is 2. The predicted molar refractivity (Wildman–Crippen MR) is 75.6 cm³/mol. The number of carbonyl (C=O) groups is 1. The first-order valence-electron chi connectivity index (χ1n) is 7.45. The molecule has 0 spiro atoms. The highest BCUT2D eigenvalue weighted by Gasteiger charge is 2.42. The molecule has 0 saturated carbocycles. The summed E-state index contributed by atoms with van der Waals surface area (Å²) in [6.07, 6.45) is 1.99. The summed E-state index contributed by atoms with van der Waals surface area (Å²) in [4.78, 5) is 14.5. The predicted octanol–water partition coefficient (Wildman–Crippen LogP) is 2.30. The van der Waals surface area contributed by atoms with Crippen LogP contribution in [0.4, 0.5) is 0 Å². The Kier molecular flexibility index (Phi) is 3.12. The fourth-order valence-electron chi connectivity index (χ4n) is 3.24. The quantitative estimate of drug-likeness (QED) is 0.902. The fraction of sp³-hybridized carbons (Fsp3) is 0.733. The first-order valence-corrected chi connectivity index (χ1v) is 7.45. The Labute approximate surface area is 119 Å². The number of aromatic nitrogens is 2. The minimum Gasteiger partial charge on any atom is -0.369 e. The van der Waals surface area contributed by atoms with Gasteiger partial charge in [0.25, 0.3) is 5.91 Å². The maximum Gasteiger partial charge on any atom is 0.274 e. The van der Waals surface area contributed by atoms with Crippen LogP contribution in [0, 0.1) is 5.41 Å². The highest BCUT2D eigenvalue weighted by Crippen LogP contribution is 2.36. The number of hydrogen-bond acceptors (Lipinski definition) is 3. The Morgan fingerprint density at radius 2 is 2.20 bits per heavy atom. The van der Waals surface area contributed by atoms with E-state index in [2.05, 4.69) is 24.0 Å². The molecule has 0 aliphatic carbocycles. The topological polar surface area (TPSA) is 58.2 Å². The monoisotopic (exact) mass is 277 g/mol. The molecular weight excluding hydrogens is 254 g/mol. The summed E-state index contributed by atoms with van der Waals surface area (Å²) < 4.78 is 5.76. The highest BCUT2D eigenvalue weighted by atomic mass is 16.5. The number of H-pyrrole nitrogens is 1. The number of nitrogens with one attached hydrogen (secondary N) is 1. The zero-order valence-corrected chi connectivity index (χ0v) is 12.7. The van der Waals surface area contributed by atoms with Crippen molar-refractivity contribution in [3.63, 3.8) is 0 Å². The van der Waals surface area contributed by atoms with Crippen LogP contribution >= 0.6 is 0 Å². The van der Waals surface area contributed by atoms with Crippen molar-refractivity contribution in [3.05, 3.63) is 17.0 Å². The lowest BCUT2D eigenvalue weighted by Crippen LogP contribution is -2.56. The van der Waals surface area contributed by atoms with Gasteiger partial charge in [0, 0.05) is 30.5 Å². The van der Waals surface area contributed by atoms with E-state index in [1.807, 2.05) is 18.7 Å². The summed E-state index contributed by atoms with van der Waals surface area (Å²) in [5, 5.41) is 7.26. The van der Waals surface area contributed by atoms with Crippen molar-refractivity contribution in [2.45, 2.75) is 52.7 Å². The second-order valence-corrected chi connectivity index (χ2v) is 6.58. The van der Waals surface area contributed by atoms with E-state index >= 15 is 0 Å². The van der Waals surface area contributed by atoms with Gasteiger partial charge in [0.1, 0.15) is 0 Å². The second-order valence-electron chi connectivity index (χ2n) is 6.58. The number of carbonyl (C=O) groups excluding carboxylic acids is 1. The largest absolute Gasteiger partial charge is 0.369 e. The second kappa shape index (κ2) is 4.58. The molecule has 0 radical (unpaired) electrons. The minimum atomic E-state index is -0.0138. The normalized spacial score (nSPS) is 27.9. The van der Waals surface area contributed by atoms with E-state index in [9.17, 15) is 4.79 Å². The van der Waals surface area contributed by atoms with Gasteiger partial charge in [-0.25, -0.2) is 0 Å². The summed E-state index contributed by atoms with van der Waals surface area (Å²) in [5.74, 6) is 0.0646. The van der Waals surface area contributed by atoms with Crippen LogP contribution in [0.3, 0.4) is 0 Å². The van der Waals surface area contributed by atoms with Gasteiger partial charge < -0.3 is 9.64 Å². The molecule has 1 aromatic heterocycles. The molecule has 2 aliphatic rings. The molecule has 1 amide bonds.